The van der Waals surface area contributed by atoms with Gasteiger partial charge in [-0.15, -0.1) is 0 Å². The Balaban J connectivity index is 1.81. The minimum atomic E-state index is -0.371. The highest BCUT2D eigenvalue weighted by molar-refractivity contribution is 5.95. The SMILES string of the molecule is Cc1ccc(C2OC(=O)c3cc4c(cc32)OCCO4)cc1. The molecule has 106 valence electrons. The second-order valence-electron chi connectivity index (χ2n) is 5.28. The van der Waals surface area contributed by atoms with Crippen LogP contribution in [0.1, 0.15) is 33.2 Å². The molecule has 2 aliphatic heterocycles. The molecule has 0 aliphatic carbocycles. The van der Waals surface area contributed by atoms with Crippen LogP contribution in [0.5, 0.6) is 11.5 Å². The molecule has 0 aromatic heterocycles. The standard InChI is InChI=1S/C17H14O4/c1-10-2-4-11(5-3-10)16-12-8-14-15(20-7-6-19-14)9-13(12)17(18)21-16/h2-5,8-9,16H,6-7H2,1H3. The zero-order valence-corrected chi connectivity index (χ0v) is 11.6. The number of cyclic esters (lactones) is 1. The molecule has 1 atom stereocenters. The molecular formula is C17H14O4. The van der Waals surface area contributed by atoms with Crippen LogP contribution in [0.2, 0.25) is 0 Å². The molecule has 2 aromatic carbocycles. The van der Waals surface area contributed by atoms with Gasteiger partial charge in [-0.3, -0.25) is 0 Å². The number of benzene rings is 2. The van der Waals surface area contributed by atoms with Crippen LogP contribution in [0.15, 0.2) is 36.4 Å². The summed E-state index contributed by atoms with van der Waals surface area (Å²) in [5.41, 5.74) is 3.53. The van der Waals surface area contributed by atoms with Gasteiger partial charge in [-0.25, -0.2) is 4.79 Å². The van der Waals surface area contributed by atoms with Gasteiger partial charge in [0.25, 0.3) is 0 Å². The first-order valence-corrected chi connectivity index (χ1v) is 6.93. The first-order chi connectivity index (χ1) is 10.2. The van der Waals surface area contributed by atoms with Crippen molar-refractivity contribution < 1.29 is 19.0 Å². The maximum Gasteiger partial charge on any atom is 0.339 e. The Morgan fingerprint density at radius 2 is 1.67 bits per heavy atom. The summed E-state index contributed by atoms with van der Waals surface area (Å²) in [6, 6.07) is 11.6. The van der Waals surface area contributed by atoms with Crippen LogP contribution in [0.3, 0.4) is 0 Å². The largest absolute Gasteiger partial charge is 0.486 e. The van der Waals surface area contributed by atoms with E-state index in [1.165, 1.54) is 5.56 Å². The summed E-state index contributed by atoms with van der Waals surface area (Å²) in [7, 11) is 0. The van der Waals surface area contributed by atoms with Crippen molar-refractivity contribution in [2.75, 3.05) is 13.2 Å². The molecule has 21 heavy (non-hydrogen) atoms. The Bertz CT molecular complexity index is 718. The lowest BCUT2D eigenvalue weighted by Crippen LogP contribution is -2.16. The van der Waals surface area contributed by atoms with E-state index in [1.54, 1.807) is 6.07 Å². The Morgan fingerprint density at radius 3 is 2.38 bits per heavy atom. The van der Waals surface area contributed by atoms with Gasteiger partial charge in [0.2, 0.25) is 0 Å². The Hall–Kier alpha value is -2.49. The lowest BCUT2D eigenvalue weighted by Gasteiger charge is -2.19. The van der Waals surface area contributed by atoms with E-state index in [0.29, 0.717) is 30.3 Å². The van der Waals surface area contributed by atoms with Crippen molar-refractivity contribution in [3.63, 3.8) is 0 Å². The van der Waals surface area contributed by atoms with Gasteiger partial charge in [-0.05, 0) is 24.6 Å². The predicted molar refractivity (Wildman–Crippen MR) is 75.9 cm³/mol. The average Bonchev–Trinajstić information content (AvgIpc) is 2.83. The molecule has 2 aliphatic rings. The maximum atomic E-state index is 12.1. The van der Waals surface area contributed by atoms with E-state index in [4.69, 9.17) is 14.2 Å². The third-order valence-corrected chi connectivity index (χ3v) is 3.82. The highest BCUT2D eigenvalue weighted by Crippen LogP contribution is 2.42. The fraction of sp³-hybridized carbons (Fsp3) is 0.235. The first kappa shape index (κ1) is 12.3. The van der Waals surface area contributed by atoms with Crippen LogP contribution in [0.25, 0.3) is 0 Å². The zero-order chi connectivity index (χ0) is 14.4. The molecule has 0 saturated carbocycles. The fourth-order valence-electron chi connectivity index (χ4n) is 2.72. The van der Waals surface area contributed by atoms with Gasteiger partial charge in [-0.2, -0.15) is 0 Å². The maximum absolute atomic E-state index is 12.1. The number of rotatable bonds is 1. The lowest BCUT2D eigenvalue weighted by molar-refractivity contribution is 0.0455. The van der Waals surface area contributed by atoms with Crippen molar-refractivity contribution in [2.24, 2.45) is 0 Å². The van der Waals surface area contributed by atoms with E-state index in [9.17, 15) is 4.79 Å². The van der Waals surface area contributed by atoms with Gasteiger partial charge >= 0.3 is 5.97 Å². The van der Waals surface area contributed by atoms with Crippen LogP contribution >= 0.6 is 0 Å². The molecule has 0 saturated heterocycles. The second kappa shape index (κ2) is 4.52. The van der Waals surface area contributed by atoms with Gasteiger partial charge < -0.3 is 14.2 Å². The van der Waals surface area contributed by atoms with Gasteiger partial charge in [-0.1, -0.05) is 29.8 Å². The van der Waals surface area contributed by atoms with E-state index >= 15 is 0 Å². The van der Waals surface area contributed by atoms with E-state index < -0.39 is 0 Å². The normalized spacial score (nSPS) is 19.1. The van der Waals surface area contributed by atoms with Crippen LogP contribution < -0.4 is 9.47 Å². The molecule has 0 fully saturated rings. The van der Waals surface area contributed by atoms with Crippen molar-refractivity contribution in [1.29, 1.82) is 0 Å². The first-order valence-electron chi connectivity index (χ1n) is 6.93. The molecule has 0 spiro atoms. The number of carbonyl (C=O) groups is 1. The molecule has 0 radical (unpaired) electrons. The number of carbonyl (C=O) groups excluding carboxylic acids is 1. The van der Waals surface area contributed by atoms with Crippen LogP contribution in [-0.2, 0) is 4.74 Å². The monoisotopic (exact) mass is 282 g/mol. The quantitative estimate of drug-likeness (QED) is 0.754. The van der Waals surface area contributed by atoms with E-state index in [2.05, 4.69) is 0 Å². The van der Waals surface area contributed by atoms with Crippen molar-refractivity contribution in [3.05, 3.63) is 58.7 Å². The van der Waals surface area contributed by atoms with E-state index in [0.717, 1.165) is 11.1 Å². The third kappa shape index (κ3) is 1.95. The number of ether oxygens (including phenoxy) is 3. The summed E-state index contributed by atoms with van der Waals surface area (Å²) < 4.78 is 16.6. The smallest absolute Gasteiger partial charge is 0.339 e. The summed E-state index contributed by atoms with van der Waals surface area (Å²) in [5.74, 6) is 0.976. The molecule has 4 nitrogen and oxygen atoms in total. The molecule has 1 unspecified atom stereocenters. The number of hydrogen-bond donors (Lipinski definition) is 0. The lowest BCUT2D eigenvalue weighted by atomic mass is 9.98. The fourth-order valence-corrected chi connectivity index (χ4v) is 2.72. The minimum Gasteiger partial charge on any atom is -0.486 e. The molecule has 2 heterocycles. The predicted octanol–water partition coefficient (Wildman–Crippen LogP) is 3.03. The minimum absolute atomic E-state index is 0.312. The van der Waals surface area contributed by atoms with E-state index in [1.807, 2.05) is 37.3 Å². The van der Waals surface area contributed by atoms with Crippen molar-refractivity contribution in [3.8, 4) is 11.5 Å². The Kier molecular flexibility index (Phi) is 2.64. The van der Waals surface area contributed by atoms with Gasteiger partial charge in [0.1, 0.15) is 13.2 Å². The molecule has 4 rings (SSSR count). The Labute approximate surface area is 122 Å². The van der Waals surface area contributed by atoms with Crippen LogP contribution in [0.4, 0.5) is 0 Å². The second-order valence-corrected chi connectivity index (χ2v) is 5.28. The van der Waals surface area contributed by atoms with E-state index in [-0.39, 0.29) is 12.1 Å². The summed E-state index contributed by atoms with van der Waals surface area (Å²) in [4.78, 5) is 12.1. The van der Waals surface area contributed by atoms with Crippen LogP contribution in [0, 0.1) is 6.92 Å². The average molecular weight is 282 g/mol. The molecule has 0 bridgehead atoms. The van der Waals surface area contributed by atoms with Crippen LogP contribution in [-0.4, -0.2) is 19.2 Å². The number of aryl methyl sites for hydroxylation is 1. The Morgan fingerprint density at radius 1 is 1.00 bits per heavy atom. The molecule has 2 aromatic rings. The summed E-state index contributed by atoms with van der Waals surface area (Å²) in [6.07, 6.45) is -0.371. The molecule has 0 N–H and O–H groups in total. The number of hydrogen-bond acceptors (Lipinski definition) is 4. The van der Waals surface area contributed by atoms with Gasteiger partial charge in [0.05, 0.1) is 5.56 Å². The van der Waals surface area contributed by atoms with Crippen molar-refractivity contribution >= 4 is 5.97 Å². The highest BCUT2D eigenvalue weighted by Gasteiger charge is 2.34. The molecular weight excluding hydrogens is 268 g/mol. The highest BCUT2D eigenvalue weighted by atomic mass is 16.6. The molecule has 0 amide bonds. The van der Waals surface area contributed by atoms with Crippen molar-refractivity contribution in [1.82, 2.24) is 0 Å². The van der Waals surface area contributed by atoms with Gasteiger partial charge in [0, 0.05) is 5.56 Å². The number of esters is 1. The van der Waals surface area contributed by atoms with Crippen molar-refractivity contribution in [2.45, 2.75) is 13.0 Å². The topological polar surface area (TPSA) is 44.8 Å². The molecule has 4 heteroatoms. The summed E-state index contributed by atoms with van der Waals surface area (Å²) in [6.45, 7) is 3.05. The summed E-state index contributed by atoms with van der Waals surface area (Å²) >= 11 is 0. The number of fused-ring (bicyclic) bond motifs is 2. The summed E-state index contributed by atoms with van der Waals surface area (Å²) in [5, 5.41) is 0. The van der Waals surface area contributed by atoms with Gasteiger partial charge in [0.15, 0.2) is 17.6 Å². The third-order valence-electron chi connectivity index (χ3n) is 3.82. The zero-order valence-electron chi connectivity index (χ0n) is 11.6.